The lowest BCUT2D eigenvalue weighted by atomic mass is 9.77. The molecule has 4 heteroatoms. The van der Waals surface area contributed by atoms with E-state index in [4.69, 9.17) is 9.84 Å². The Morgan fingerprint density at radius 3 is 2.64 bits per heavy atom. The first-order chi connectivity index (χ1) is 12.1. The third-order valence-electron chi connectivity index (χ3n) is 5.27. The number of fused-ring (bicyclic) bond motifs is 3. The van der Waals surface area contributed by atoms with Crippen LogP contribution in [0.25, 0.3) is 0 Å². The smallest absolute Gasteiger partial charge is 0.240 e. The van der Waals surface area contributed by atoms with Crippen LogP contribution in [0.4, 0.5) is 0 Å². The Bertz CT molecular complexity index is 855. The maximum atomic E-state index is 12.3. The summed E-state index contributed by atoms with van der Waals surface area (Å²) in [7, 11) is 1.68. The molecule has 0 saturated heterocycles. The van der Waals surface area contributed by atoms with Crippen LogP contribution in [0.5, 0.6) is 5.75 Å². The zero-order valence-electron chi connectivity index (χ0n) is 14.8. The van der Waals surface area contributed by atoms with Crippen LogP contribution in [0.2, 0.25) is 0 Å². The molecule has 0 radical (unpaired) electrons. The number of carbonyl (C=O) groups excluding carboxylic acids is 1. The fraction of sp³-hybridized carbons (Fsp3) is 0.333. The third kappa shape index (κ3) is 2.62. The van der Waals surface area contributed by atoms with Gasteiger partial charge in [-0.3, -0.25) is 4.79 Å². The minimum absolute atomic E-state index is 0.0167. The van der Waals surface area contributed by atoms with Crippen LogP contribution in [0.15, 0.2) is 47.6 Å². The number of methoxy groups -OCH3 is 1. The molecule has 1 heterocycles. The zero-order chi connectivity index (χ0) is 17.6. The van der Waals surface area contributed by atoms with Crippen molar-refractivity contribution in [2.24, 2.45) is 11.0 Å². The minimum Gasteiger partial charge on any atom is -0.497 e. The Morgan fingerprint density at radius 2 is 1.96 bits per heavy atom. The average molecular weight is 334 g/mol. The highest BCUT2D eigenvalue weighted by Crippen LogP contribution is 2.43. The van der Waals surface area contributed by atoms with Gasteiger partial charge in [-0.25, -0.2) is 5.01 Å². The second-order valence-electron chi connectivity index (χ2n) is 6.87. The van der Waals surface area contributed by atoms with Crippen LogP contribution in [0, 0.1) is 12.8 Å². The van der Waals surface area contributed by atoms with E-state index < -0.39 is 0 Å². The molecule has 4 rings (SSSR count). The van der Waals surface area contributed by atoms with Crippen molar-refractivity contribution in [2.45, 2.75) is 32.7 Å². The number of carbonyl (C=O) groups is 1. The van der Waals surface area contributed by atoms with E-state index in [0.29, 0.717) is 0 Å². The van der Waals surface area contributed by atoms with E-state index in [0.717, 1.165) is 35.4 Å². The largest absolute Gasteiger partial charge is 0.497 e. The Kier molecular flexibility index (Phi) is 3.83. The second kappa shape index (κ2) is 6.03. The molecule has 2 aromatic carbocycles. The molecule has 0 fully saturated rings. The van der Waals surface area contributed by atoms with Crippen LogP contribution in [0.1, 0.15) is 41.6 Å². The summed E-state index contributed by atoms with van der Waals surface area (Å²) < 4.78 is 5.39. The monoisotopic (exact) mass is 334 g/mol. The normalized spacial score (nSPS) is 21.4. The van der Waals surface area contributed by atoms with Crippen LogP contribution < -0.4 is 4.74 Å². The summed E-state index contributed by atoms with van der Waals surface area (Å²) >= 11 is 0. The number of ether oxygens (including phenoxy) is 1. The molecule has 0 aromatic heterocycles. The predicted molar refractivity (Wildman–Crippen MR) is 97.8 cm³/mol. The molecule has 0 N–H and O–H groups in total. The number of amides is 1. The molecule has 1 aliphatic heterocycles. The Hall–Kier alpha value is -2.62. The number of hydrogen-bond acceptors (Lipinski definition) is 3. The van der Waals surface area contributed by atoms with Crippen molar-refractivity contribution in [1.82, 2.24) is 5.01 Å². The number of rotatable bonds is 2. The van der Waals surface area contributed by atoms with Gasteiger partial charge in [-0.15, -0.1) is 0 Å². The van der Waals surface area contributed by atoms with Gasteiger partial charge in [0.2, 0.25) is 5.91 Å². The summed E-state index contributed by atoms with van der Waals surface area (Å²) in [6.45, 7) is 3.67. The summed E-state index contributed by atoms with van der Waals surface area (Å²) in [6.07, 6.45) is 2.00. The summed E-state index contributed by atoms with van der Waals surface area (Å²) in [5, 5.41) is 6.42. The summed E-state index contributed by atoms with van der Waals surface area (Å²) in [5.41, 5.74) is 5.79. The average Bonchev–Trinajstić information content (AvgIpc) is 3.02. The molecule has 4 nitrogen and oxygen atoms in total. The zero-order valence-corrected chi connectivity index (χ0v) is 14.8. The molecule has 0 unspecified atom stereocenters. The van der Waals surface area contributed by atoms with E-state index in [1.165, 1.54) is 11.1 Å². The maximum absolute atomic E-state index is 12.3. The number of aryl methyl sites for hydroxylation is 2. The predicted octanol–water partition coefficient (Wildman–Crippen LogP) is 3.87. The number of nitrogens with zero attached hydrogens (tertiary/aromatic N) is 2. The lowest BCUT2D eigenvalue weighted by Crippen LogP contribution is -2.31. The first-order valence-corrected chi connectivity index (χ1v) is 8.70. The molecule has 1 aliphatic carbocycles. The van der Waals surface area contributed by atoms with E-state index >= 15 is 0 Å². The number of hydrazone groups is 1. The number of hydrogen-bond donors (Lipinski definition) is 0. The quantitative estimate of drug-likeness (QED) is 0.836. The Labute approximate surface area is 148 Å². The van der Waals surface area contributed by atoms with Crippen molar-refractivity contribution < 1.29 is 9.53 Å². The molecule has 0 spiro atoms. The lowest BCUT2D eigenvalue weighted by molar-refractivity contribution is -0.131. The van der Waals surface area contributed by atoms with Crippen molar-refractivity contribution in [3.63, 3.8) is 0 Å². The van der Waals surface area contributed by atoms with Crippen molar-refractivity contribution in [3.8, 4) is 5.75 Å². The standard InChI is InChI=1S/C21H22N2O2/c1-13-4-6-16(7-5-13)21-18-11-9-15-8-10-17(25-3)12-19(15)20(18)22-23(21)14(2)24/h4-8,10,12,18,21H,9,11H2,1-3H3/t18-,21-/m0/s1. The fourth-order valence-corrected chi connectivity index (χ4v) is 3.97. The van der Waals surface area contributed by atoms with Crippen LogP contribution in [-0.2, 0) is 11.2 Å². The molecule has 1 amide bonds. The summed E-state index contributed by atoms with van der Waals surface area (Å²) in [6, 6.07) is 14.6. The molecule has 2 atom stereocenters. The van der Waals surface area contributed by atoms with Gasteiger partial charge < -0.3 is 4.74 Å². The van der Waals surface area contributed by atoms with E-state index in [1.54, 1.807) is 19.0 Å². The molecule has 2 aromatic rings. The van der Waals surface area contributed by atoms with Crippen molar-refractivity contribution in [2.75, 3.05) is 7.11 Å². The second-order valence-corrected chi connectivity index (χ2v) is 6.87. The highest BCUT2D eigenvalue weighted by molar-refractivity contribution is 6.07. The molecule has 128 valence electrons. The first-order valence-electron chi connectivity index (χ1n) is 8.70. The highest BCUT2D eigenvalue weighted by Gasteiger charge is 2.43. The van der Waals surface area contributed by atoms with E-state index in [2.05, 4.69) is 43.3 Å². The van der Waals surface area contributed by atoms with E-state index in [1.807, 2.05) is 6.07 Å². The molecular weight excluding hydrogens is 312 g/mol. The van der Waals surface area contributed by atoms with E-state index in [-0.39, 0.29) is 17.9 Å². The van der Waals surface area contributed by atoms with Crippen molar-refractivity contribution >= 4 is 11.6 Å². The van der Waals surface area contributed by atoms with Gasteiger partial charge in [-0.05, 0) is 43.0 Å². The van der Waals surface area contributed by atoms with Crippen LogP contribution in [-0.4, -0.2) is 23.7 Å². The number of benzene rings is 2. The van der Waals surface area contributed by atoms with E-state index in [9.17, 15) is 4.79 Å². The minimum atomic E-state index is -0.0209. The molecule has 25 heavy (non-hydrogen) atoms. The summed E-state index contributed by atoms with van der Waals surface area (Å²) in [4.78, 5) is 12.3. The summed E-state index contributed by atoms with van der Waals surface area (Å²) in [5.74, 6) is 1.04. The van der Waals surface area contributed by atoms with Gasteiger partial charge >= 0.3 is 0 Å². The van der Waals surface area contributed by atoms with Gasteiger partial charge in [0.25, 0.3) is 0 Å². The molecule has 0 saturated carbocycles. The molecule has 0 bridgehead atoms. The van der Waals surface area contributed by atoms with Gasteiger partial charge in [-0.2, -0.15) is 5.10 Å². The maximum Gasteiger partial charge on any atom is 0.240 e. The highest BCUT2D eigenvalue weighted by atomic mass is 16.5. The Morgan fingerprint density at radius 1 is 1.20 bits per heavy atom. The van der Waals surface area contributed by atoms with Gasteiger partial charge in [0, 0.05) is 18.4 Å². The molecule has 2 aliphatic rings. The van der Waals surface area contributed by atoms with Gasteiger partial charge in [0.15, 0.2) is 0 Å². The van der Waals surface area contributed by atoms with Gasteiger partial charge in [0.05, 0.1) is 18.9 Å². The van der Waals surface area contributed by atoms with Crippen LogP contribution >= 0.6 is 0 Å². The topological polar surface area (TPSA) is 41.9 Å². The SMILES string of the molecule is COc1ccc2c(c1)C1=NN(C(C)=O)[C@@H](c3ccc(C)cc3)[C@H]1CC2. The third-order valence-corrected chi connectivity index (χ3v) is 5.27. The van der Waals surface area contributed by atoms with Crippen LogP contribution in [0.3, 0.4) is 0 Å². The van der Waals surface area contributed by atoms with Crippen molar-refractivity contribution in [1.29, 1.82) is 0 Å². The van der Waals surface area contributed by atoms with Gasteiger partial charge in [-0.1, -0.05) is 35.9 Å². The first kappa shape index (κ1) is 15.9. The Balaban J connectivity index is 1.80. The van der Waals surface area contributed by atoms with Crippen molar-refractivity contribution in [3.05, 3.63) is 64.7 Å². The fourth-order valence-electron chi connectivity index (χ4n) is 3.97. The molecular formula is C21H22N2O2. The van der Waals surface area contributed by atoms with Gasteiger partial charge in [0.1, 0.15) is 5.75 Å². The lowest BCUT2D eigenvalue weighted by Gasteiger charge is -2.29.